The molecular weight excluding hydrogens is 282 g/mol. The van der Waals surface area contributed by atoms with Crippen molar-refractivity contribution in [2.24, 2.45) is 0 Å². The van der Waals surface area contributed by atoms with Gasteiger partial charge in [-0.2, -0.15) is 0 Å². The van der Waals surface area contributed by atoms with Crippen LogP contribution in [0.25, 0.3) is 0 Å². The van der Waals surface area contributed by atoms with Crippen molar-refractivity contribution >= 4 is 5.91 Å². The zero-order chi connectivity index (χ0) is 15.8. The molecule has 0 N–H and O–H groups in total. The van der Waals surface area contributed by atoms with Gasteiger partial charge in [-0.3, -0.25) is 4.79 Å². The van der Waals surface area contributed by atoms with Gasteiger partial charge in [0, 0.05) is 25.3 Å². The highest BCUT2D eigenvalue weighted by Crippen LogP contribution is 2.21. The highest BCUT2D eigenvalue weighted by atomic mass is 16.5. The van der Waals surface area contributed by atoms with Crippen molar-refractivity contribution in [3.63, 3.8) is 0 Å². The van der Waals surface area contributed by atoms with Gasteiger partial charge in [0.2, 0.25) is 0 Å². The first-order chi connectivity index (χ1) is 10.7. The molecule has 1 aromatic rings. The summed E-state index contributed by atoms with van der Waals surface area (Å²) < 4.78 is 15.9. The minimum Gasteiger partial charge on any atom is -0.491 e. The highest BCUT2D eigenvalue weighted by molar-refractivity contribution is 5.95. The Morgan fingerprint density at radius 3 is 2.82 bits per heavy atom. The molecule has 1 saturated heterocycles. The third kappa shape index (κ3) is 4.71. The number of hydrogen-bond acceptors (Lipinski definition) is 4. The standard InChI is InChI=1S/C17H25NO4/c1-14-5-4-8-18(14)17(19)15-6-3-7-16(13-15)22-12-11-21-10-9-20-2/h3,6-7,13-14H,4-5,8-12H2,1-2H3. The van der Waals surface area contributed by atoms with Crippen LogP contribution in [0.15, 0.2) is 24.3 Å². The molecule has 5 heteroatoms. The smallest absolute Gasteiger partial charge is 0.254 e. The molecule has 122 valence electrons. The Hall–Kier alpha value is -1.59. The van der Waals surface area contributed by atoms with Crippen LogP contribution in [0.2, 0.25) is 0 Å². The first-order valence-electron chi connectivity index (χ1n) is 7.83. The van der Waals surface area contributed by atoms with Crippen molar-refractivity contribution in [2.45, 2.75) is 25.8 Å². The minimum absolute atomic E-state index is 0.0896. The molecule has 1 atom stereocenters. The lowest BCUT2D eigenvalue weighted by molar-refractivity contribution is 0.0544. The number of amides is 1. The molecule has 22 heavy (non-hydrogen) atoms. The first-order valence-corrected chi connectivity index (χ1v) is 7.83. The van der Waals surface area contributed by atoms with Crippen molar-refractivity contribution in [1.82, 2.24) is 4.90 Å². The number of hydrogen-bond donors (Lipinski definition) is 0. The fourth-order valence-electron chi connectivity index (χ4n) is 2.58. The number of nitrogens with zero attached hydrogens (tertiary/aromatic N) is 1. The molecule has 0 spiro atoms. The van der Waals surface area contributed by atoms with E-state index in [2.05, 4.69) is 6.92 Å². The molecule has 1 fully saturated rings. The third-order valence-electron chi connectivity index (χ3n) is 3.82. The summed E-state index contributed by atoms with van der Waals surface area (Å²) in [6, 6.07) is 7.69. The molecule has 0 aromatic heterocycles. The van der Waals surface area contributed by atoms with Gasteiger partial charge in [0.05, 0.1) is 19.8 Å². The zero-order valence-electron chi connectivity index (χ0n) is 13.4. The molecule has 1 unspecified atom stereocenters. The van der Waals surface area contributed by atoms with Crippen LogP contribution in [0.5, 0.6) is 5.75 Å². The van der Waals surface area contributed by atoms with Gasteiger partial charge in [0.25, 0.3) is 5.91 Å². The molecular formula is C17H25NO4. The maximum Gasteiger partial charge on any atom is 0.254 e. The van der Waals surface area contributed by atoms with E-state index in [-0.39, 0.29) is 5.91 Å². The summed E-state index contributed by atoms with van der Waals surface area (Å²) in [5.74, 6) is 0.792. The average molecular weight is 307 g/mol. The molecule has 0 bridgehead atoms. The van der Waals surface area contributed by atoms with Crippen LogP contribution >= 0.6 is 0 Å². The molecule has 5 nitrogen and oxygen atoms in total. The number of benzene rings is 1. The lowest BCUT2D eigenvalue weighted by atomic mass is 10.1. The maximum atomic E-state index is 12.5. The van der Waals surface area contributed by atoms with E-state index in [1.165, 1.54) is 0 Å². The number of carbonyl (C=O) groups is 1. The lowest BCUT2D eigenvalue weighted by Gasteiger charge is -2.21. The molecule has 2 rings (SSSR count). The molecule has 0 saturated carbocycles. The van der Waals surface area contributed by atoms with E-state index < -0.39 is 0 Å². The molecule has 1 aliphatic rings. The van der Waals surface area contributed by atoms with Crippen molar-refractivity contribution in [2.75, 3.05) is 40.1 Å². The second kappa shape index (κ2) is 8.76. The summed E-state index contributed by atoms with van der Waals surface area (Å²) in [6.07, 6.45) is 2.17. The topological polar surface area (TPSA) is 48.0 Å². The van der Waals surface area contributed by atoms with Gasteiger partial charge in [-0.05, 0) is 38.0 Å². The van der Waals surface area contributed by atoms with E-state index in [1.807, 2.05) is 29.2 Å². The first kappa shape index (κ1) is 16.8. The van der Waals surface area contributed by atoms with Crippen LogP contribution in [-0.2, 0) is 9.47 Å². The fraction of sp³-hybridized carbons (Fsp3) is 0.588. The van der Waals surface area contributed by atoms with Gasteiger partial charge in [0.1, 0.15) is 12.4 Å². The van der Waals surface area contributed by atoms with Crippen molar-refractivity contribution in [3.05, 3.63) is 29.8 Å². The zero-order valence-corrected chi connectivity index (χ0v) is 13.4. The maximum absolute atomic E-state index is 12.5. The number of carbonyl (C=O) groups excluding carboxylic acids is 1. The van der Waals surface area contributed by atoms with E-state index in [9.17, 15) is 4.79 Å². The average Bonchev–Trinajstić information content (AvgIpc) is 2.96. The van der Waals surface area contributed by atoms with Crippen LogP contribution in [-0.4, -0.2) is 56.9 Å². The second-order valence-corrected chi connectivity index (χ2v) is 5.47. The Bertz CT molecular complexity index is 477. The van der Waals surface area contributed by atoms with E-state index in [4.69, 9.17) is 14.2 Å². The van der Waals surface area contributed by atoms with Gasteiger partial charge in [0.15, 0.2) is 0 Å². The quantitative estimate of drug-likeness (QED) is 0.692. The Labute approximate surface area is 132 Å². The van der Waals surface area contributed by atoms with Crippen molar-refractivity contribution in [3.8, 4) is 5.75 Å². The molecule has 0 aliphatic carbocycles. The predicted octanol–water partition coefficient (Wildman–Crippen LogP) is 2.35. The summed E-state index contributed by atoms with van der Waals surface area (Å²) in [4.78, 5) is 14.4. The SMILES string of the molecule is COCCOCCOc1cccc(C(=O)N2CCCC2C)c1. The van der Waals surface area contributed by atoms with Crippen molar-refractivity contribution in [1.29, 1.82) is 0 Å². The van der Waals surface area contributed by atoms with E-state index >= 15 is 0 Å². The van der Waals surface area contributed by atoms with E-state index in [0.717, 1.165) is 19.4 Å². The monoisotopic (exact) mass is 307 g/mol. The highest BCUT2D eigenvalue weighted by Gasteiger charge is 2.25. The molecule has 1 aliphatic heterocycles. The largest absolute Gasteiger partial charge is 0.491 e. The van der Waals surface area contributed by atoms with Gasteiger partial charge < -0.3 is 19.1 Å². The number of ether oxygens (including phenoxy) is 3. The van der Waals surface area contributed by atoms with Gasteiger partial charge >= 0.3 is 0 Å². The molecule has 1 heterocycles. The van der Waals surface area contributed by atoms with Crippen LogP contribution < -0.4 is 4.74 Å². The van der Waals surface area contributed by atoms with Gasteiger partial charge in [-0.25, -0.2) is 0 Å². The van der Waals surface area contributed by atoms with Gasteiger partial charge in [-0.15, -0.1) is 0 Å². The molecule has 0 radical (unpaired) electrons. The summed E-state index contributed by atoms with van der Waals surface area (Å²) >= 11 is 0. The number of rotatable bonds is 8. The summed E-state index contributed by atoms with van der Waals surface area (Å²) in [5, 5.41) is 0. The minimum atomic E-state index is 0.0896. The van der Waals surface area contributed by atoms with E-state index in [0.29, 0.717) is 43.8 Å². The number of likely N-dealkylation sites (tertiary alicyclic amines) is 1. The Balaban J connectivity index is 1.83. The molecule has 1 aromatic carbocycles. The van der Waals surface area contributed by atoms with Crippen LogP contribution in [0.3, 0.4) is 0 Å². The summed E-state index contributed by atoms with van der Waals surface area (Å²) in [5.41, 5.74) is 0.687. The van der Waals surface area contributed by atoms with Crippen LogP contribution in [0.1, 0.15) is 30.1 Å². The number of methoxy groups -OCH3 is 1. The Morgan fingerprint density at radius 1 is 1.27 bits per heavy atom. The van der Waals surface area contributed by atoms with Gasteiger partial charge in [-0.1, -0.05) is 6.07 Å². The predicted molar refractivity (Wildman–Crippen MR) is 84.4 cm³/mol. The Kier molecular flexibility index (Phi) is 6.68. The third-order valence-corrected chi connectivity index (χ3v) is 3.82. The fourth-order valence-corrected chi connectivity index (χ4v) is 2.58. The lowest BCUT2D eigenvalue weighted by Crippen LogP contribution is -2.33. The summed E-state index contributed by atoms with van der Waals surface area (Å²) in [7, 11) is 1.64. The Morgan fingerprint density at radius 2 is 2.09 bits per heavy atom. The van der Waals surface area contributed by atoms with Crippen molar-refractivity contribution < 1.29 is 19.0 Å². The van der Waals surface area contributed by atoms with E-state index in [1.54, 1.807) is 7.11 Å². The molecule has 1 amide bonds. The second-order valence-electron chi connectivity index (χ2n) is 5.47. The summed E-state index contributed by atoms with van der Waals surface area (Å²) in [6.45, 7) is 5.05. The normalized spacial score (nSPS) is 17.7. The van der Waals surface area contributed by atoms with Crippen LogP contribution in [0, 0.1) is 0 Å². The van der Waals surface area contributed by atoms with Crippen LogP contribution in [0.4, 0.5) is 0 Å².